The Morgan fingerprint density at radius 1 is 1.33 bits per heavy atom. The van der Waals surface area contributed by atoms with Crippen LogP contribution in [0.5, 0.6) is 0 Å². The average molecular weight is 201 g/mol. The molecule has 0 fully saturated rings. The first-order valence-electron chi connectivity index (χ1n) is 5.09. The van der Waals surface area contributed by atoms with Crippen LogP contribution in [-0.2, 0) is 6.42 Å². The van der Waals surface area contributed by atoms with Gasteiger partial charge < -0.3 is 10.3 Å². The van der Waals surface area contributed by atoms with Gasteiger partial charge in [0, 0.05) is 24.3 Å². The molecule has 3 nitrogen and oxygen atoms in total. The van der Waals surface area contributed by atoms with Crippen LogP contribution in [0.1, 0.15) is 12.6 Å². The number of hydrogen-bond donors (Lipinski definition) is 1. The third-order valence-corrected chi connectivity index (χ3v) is 2.22. The molecule has 0 aliphatic rings. The van der Waals surface area contributed by atoms with Crippen molar-refractivity contribution in [2.24, 2.45) is 5.73 Å². The predicted octanol–water partition coefficient (Wildman–Crippen LogP) is 1.76. The summed E-state index contributed by atoms with van der Waals surface area (Å²) in [5, 5.41) is 0. The average Bonchev–Trinajstić information content (AvgIpc) is 2.67. The Kier molecular flexibility index (Phi) is 2.83. The first-order valence-corrected chi connectivity index (χ1v) is 5.09. The van der Waals surface area contributed by atoms with Crippen LogP contribution in [0.25, 0.3) is 5.69 Å². The minimum Gasteiger partial charge on any atom is -0.328 e. The van der Waals surface area contributed by atoms with Crippen LogP contribution in [0.2, 0.25) is 0 Å². The summed E-state index contributed by atoms with van der Waals surface area (Å²) in [7, 11) is 0. The van der Waals surface area contributed by atoms with Crippen molar-refractivity contribution in [3.63, 3.8) is 0 Å². The molecule has 0 saturated heterocycles. The highest BCUT2D eigenvalue weighted by molar-refractivity contribution is 5.31. The van der Waals surface area contributed by atoms with Gasteiger partial charge in [0.1, 0.15) is 0 Å². The highest BCUT2D eigenvalue weighted by atomic mass is 15.0. The van der Waals surface area contributed by atoms with Crippen molar-refractivity contribution in [1.82, 2.24) is 9.55 Å². The normalized spacial score (nSPS) is 12.7. The molecule has 2 aromatic rings. The molecule has 0 saturated carbocycles. The molecule has 2 N–H and O–H groups in total. The molecule has 2 rings (SSSR count). The maximum Gasteiger partial charge on any atom is 0.0995 e. The van der Waals surface area contributed by atoms with Crippen LogP contribution < -0.4 is 5.73 Å². The molecule has 0 radical (unpaired) electrons. The molecule has 1 heterocycles. The van der Waals surface area contributed by atoms with E-state index in [1.165, 1.54) is 0 Å². The maximum atomic E-state index is 5.72. The van der Waals surface area contributed by atoms with Crippen molar-refractivity contribution in [3.8, 4) is 5.69 Å². The summed E-state index contributed by atoms with van der Waals surface area (Å²) in [6, 6.07) is 10.3. The van der Waals surface area contributed by atoms with Crippen molar-refractivity contribution in [2.45, 2.75) is 19.4 Å². The molecule has 1 atom stereocenters. The Bertz CT molecular complexity index is 417. The molecular formula is C12H15N3. The molecule has 1 aromatic carbocycles. The highest BCUT2D eigenvalue weighted by Crippen LogP contribution is 2.08. The molecule has 0 aliphatic carbocycles. The zero-order valence-electron chi connectivity index (χ0n) is 8.80. The topological polar surface area (TPSA) is 43.8 Å². The molecule has 0 aliphatic heterocycles. The van der Waals surface area contributed by atoms with Gasteiger partial charge in [-0.05, 0) is 19.1 Å². The zero-order valence-corrected chi connectivity index (χ0v) is 8.80. The highest BCUT2D eigenvalue weighted by Gasteiger charge is 2.02. The van der Waals surface area contributed by atoms with Gasteiger partial charge in [0.2, 0.25) is 0 Å². The van der Waals surface area contributed by atoms with E-state index >= 15 is 0 Å². The van der Waals surface area contributed by atoms with Crippen LogP contribution in [0.3, 0.4) is 0 Å². The van der Waals surface area contributed by atoms with E-state index in [0.29, 0.717) is 0 Å². The van der Waals surface area contributed by atoms with E-state index < -0.39 is 0 Å². The van der Waals surface area contributed by atoms with Gasteiger partial charge in [0.15, 0.2) is 0 Å². The Balaban J connectivity index is 2.21. The number of aromatic nitrogens is 2. The van der Waals surface area contributed by atoms with Gasteiger partial charge >= 0.3 is 0 Å². The lowest BCUT2D eigenvalue weighted by molar-refractivity contribution is 0.725. The smallest absolute Gasteiger partial charge is 0.0995 e. The SMILES string of the molecule is CC(N)Cc1cn(-c2ccccc2)cn1. The fourth-order valence-corrected chi connectivity index (χ4v) is 1.54. The second-order valence-electron chi connectivity index (χ2n) is 3.79. The Morgan fingerprint density at radius 2 is 2.07 bits per heavy atom. The summed E-state index contributed by atoms with van der Waals surface area (Å²) in [6.45, 7) is 1.99. The monoisotopic (exact) mass is 201 g/mol. The number of para-hydroxylation sites is 1. The summed E-state index contributed by atoms with van der Waals surface area (Å²) < 4.78 is 2.01. The Labute approximate surface area is 89.6 Å². The van der Waals surface area contributed by atoms with Crippen molar-refractivity contribution < 1.29 is 0 Å². The van der Waals surface area contributed by atoms with Gasteiger partial charge in [0.05, 0.1) is 12.0 Å². The summed E-state index contributed by atoms with van der Waals surface area (Å²) in [4.78, 5) is 4.32. The van der Waals surface area contributed by atoms with Crippen LogP contribution >= 0.6 is 0 Å². The van der Waals surface area contributed by atoms with Gasteiger partial charge in [0.25, 0.3) is 0 Å². The van der Waals surface area contributed by atoms with E-state index in [0.717, 1.165) is 17.8 Å². The molecule has 1 aromatic heterocycles. The van der Waals surface area contributed by atoms with Crippen LogP contribution in [-0.4, -0.2) is 15.6 Å². The standard InChI is InChI=1S/C12H15N3/c1-10(13)7-11-8-15(9-14-11)12-5-3-2-4-6-12/h2-6,8-10H,7,13H2,1H3. The van der Waals surface area contributed by atoms with Crippen LogP contribution in [0.4, 0.5) is 0 Å². The van der Waals surface area contributed by atoms with E-state index in [1.807, 2.05) is 42.2 Å². The molecule has 78 valence electrons. The van der Waals surface area contributed by atoms with E-state index in [1.54, 1.807) is 0 Å². The Hall–Kier alpha value is -1.61. The van der Waals surface area contributed by atoms with E-state index in [4.69, 9.17) is 5.73 Å². The number of nitrogens with two attached hydrogens (primary N) is 1. The maximum absolute atomic E-state index is 5.72. The second kappa shape index (κ2) is 4.28. The van der Waals surface area contributed by atoms with Crippen molar-refractivity contribution in [1.29, 1.82) is 0 Å². The van der Waals surface area contributed by atoms with Crippen molar-refractivity contribution in [3.05, 3.63) is 48.5 Å². The quantitative estimate of drug-likeness (QED) is 0.822. The summed E-state index contributed by atoms with van der Waals surface area (Å²) in [6.07, 6.45) is 4.67. The summed E-state index contributed by atoms with van der Waals surface area (Å²) in [5.74, 6) is 0. The fraction of sp³-hybridized carbons (Fsp3) is 0.250. The summed E-state index contributed by atoms with van der Waals surface area (Å²) in [5.41, 5.74) is 7.88. The lowest BCUT2D eigenvalue weighted by Crippen LogP contribution is -2.17. The van der Waals surface area contributed by atoms with Crippen LogP contribution in [0, 0.1) is 0 Å². The fourth-order valence-electron chi connectivity index (χ4n) is 1.54. The number of nitrogens with zero attached hydrogens (tertiary/aromatic N) is 2. The van der Waals surface area contributed by atoms with Crippen molar-refractivity contribution in [2.75, 3.05) is 0 Å². The molecule has 0 amide bonds. The molecule has 3 heteroatoms. The van der Waals surface area contributed by atoms with Gasteiger partial charge in [-0.25, -0.2) is 4.98 Å². The molecule has 1 unspecified atom stereocenters. The van der Waals surface area contributed by atoms with Gasteiger partial charge in [-0.1, -0.05) is 18.2 Å². The lowest BCUT2D eigenvalue weighted by atomic mass is 10.2. The molecule has 0 spiro atoms. The van der Waals surface area contributed by atoms with Crippen LogP contribution in [0.15, 0.2) is 42.9 Å². The van der Waals surface area contributed by atoms with E-state index in [9.17, 15) is 0 Å². The number of hydrogen-bond acceptors (Lipinski definition) is 2. The van der Waals surface area contributed by atoms with E-state index in [-0.39, 0.29) is 6.04 Å². The Morgan fingerprint density at radius 3 is 2.73 bits per heavy atom. The molecule has 15 heavy (non-hydrogen) atoms. The first-order chi connectivity index (χ1) is 7.25. The first kappa shape index (κ1) is 9.93. The number of benzene rings is 1. The minimum absolute atomic E-state index is 0.157. The zero-order chi connectivity index (χ0) is 10.7. The largest absolute Gasteiger partial charge is 0.328 e. The predicted molar refractivity (Wildman–Crippen MR) is 60.9 cm³/mol. The number of rotatable bonds is 3. The minimum atomic E-state index is 0.157. The van der Waals surface area contributed by atoms with Crippen molar-refractivity contribution >= 4 is 0 Å². The van der Waals surface area contributed by atoms with Gasteiger partial charge in [-0.15, -0.1) is 0 Å². The molecular weight excluding hydrogens is 186 g/mol. The van der Waals surface area contributed by atoms with Gasteiger partial charge in [-0.3, -0.25) is 0 Å². The van der Waals surface area contributed by atoms with E-state index in [2.05, 4.69) is 17.1 Å². The third kappa shape index (κ3) is 2.44. The lowest BCUT2D eigenvalue weighted by Gasteiger charge is -2.01. The third-order valence-electron chi connectivity index (χ3n) is 2.22. The number of imidazole rings is 1. The second-order valence-corrected chi connectivity index (χ2v) is 3.79. The summed E-state index contributed by atoms with van der Waals surface area (Å²) >= 11 is 0. The van der Waals surface area contributed by atoms with Gasteiger partial charge in [-0.2, -0.15) is 0 Å². The molecule has 0 bridgehead atoms.